The van der Waals surface area contributed by atoms with E-state index in [1.54, 1.807) is 6.92 Å². The first-order valence-corrected chi connectivity index (χ1v) is 8.07. The number of methoxy groups -OCH3 is 1. The van der Waals surface area contributed by atoms with Crippen LogP contribution >= 0.6 is 0 Å². The molecule has 0 spiro atoms. The Bertz CT molecular complexity index is 653. The van der Waals surface area contributed by atoms with Gasteiger partial charge in [0.25, 0.3) is 6.29 Å². The van der Waals surface area contributed by atoms with E-state index < -0.39 is 53.7 Å². The fraction of sp³-hybridized carbons (Fsp3) is 0.647. The van der Waals surface area contributed by atoms with E-state index in [9.17, 15) is 19.2 Å². The summed E-state index contributed by atoms with van der Waals surface area (Å²) in [7, 11) is 1.21. The quantitative estimate of drug-likeness (QED) is 0.525. The zero-order chi connectivity index (χ0) is 19.6. The fourth-order valence-corrected chi connectivity index (χ4v) is 3.76. The monoisotopic (exact) mass is 370 g/mol. The predicted molar refractivity (Wildman–Crippen MR) is 84.1 cm³/mol. The van der Waals surface area contributed by atoms with Crippen LogP contribution in [-0.2, 0) is 42.9 Å². The molecule has 2 rings (SSSR count). The van der Waals surface area contributed by atoms with E-state index in [0.717, 1.165) is 6.26 Å². The van der Waals surface area contributed by atoms with Crippen LogP contribution in [0, 0.1) is 11.8 Å². The van der Waals surface area contributed by atoms with Gasteiger partial charge in [0.1, 0.15) is 11.7 Å². The van der Waals surface area contributed by atoms with Gasteiger partial charge in [-0.15, -0.1) is 0 Å². The molecule has 1 aliphatic carbocycles. The molecule has 1 heterocycles. The molecule has 5 atom stereocenters. The highest BCUT2D eigenvalue weighted by Crippen LogP contribution is 2.52. The first-order valence-electron chi connectivity index (χ1n) is 8.07. The van der Waals surface area contributed by atoms with Crippen LogP contribution in [0.3, 0.4) is 0 Å². The second-order valence-electron chi connectivity index (χ2n) is 6.49. The van der Waals surface area contributed by atoms with E-state index in [1.165, 1.54) is 27.9 Å². The minimum Gasteiger partial charge on any atom is -0.466 e. The Morgan fingerprint density at radius 2 is 1.69 bits per heavy atom. The zero-order valence-corrected chi connectivity index (χ0v) is 15.3. The van der Waals surface area contributed by atoms with Crippen molar-refractivity contribution in [2.24, 2.45) is 11.8 Å². The number of rotatable bonds is 4. The molecule has 1 fully saturated rings. The number of esters is 4. The van der Waals surface area contributed by atoms with Crippen LogP contribution in [0.1, 0.15) is 34.1 Å². The Hall–Kier alpha value is -2.58. The highest BCUT2D eigenvalue weighted by atomic mass is 16.7. The molecule has 0 aromatic heterocycles. The number of carbonyl (C=O) groups is 4. The lowest BCUT2D eigenvalue weighted by atomic mass is 9.80. The third-order valence-corrected chi connectivity index (χ3v) is 4.48. The Balaban J connectivity index is 2.52. The first-order chi connectivity index (χ1) is 12.1. The number of hydrogen-bond donors (Lipinski definition) is 0. The van der Waals surface area contributed by atoms with E-state index in [4.69, 9.17) is 23.7 Å². The van der Waals surface area contributed by atoms with Crippen molar-refractivity contribution in [1.29, 1.82) is 0 Å². The van der Waals surface area contributed by atoms with Crippen LogP contribution in [0.15, 0.2) is 11.8 Å². The number of carbonyl (C=O) groups excluding carboxylic acids is 4. The van der Waals surface area contributed by atoms with Gasteiger partial charge in [-0.2, -0.15) is 0 Å². The maximum Gasteiger partial charge on any atom is 0.337 e. The number of hydrogen-bond acceptors (Lipinski definition) is 9. The highest BCUT2D eigenvalue weighted by Gasteiger charge is 2.63. The first kappa shape index (κ1) is 19.7. The van der Waals surface area contributed by atoms with Gasteiger partial charge in [-0.3, -0.25) is 14.4 Å². The number of fused-ring (bicyclic) bond motifs is 1. The molecule has 26 heavy (non-hydrogen) atoms. The SMILES string of the molecule is COC(=O)C1=CO[C@@H](OC(C)=O)[C@H]2[C@@H]1[C@H](OC(C)=O)C[C@]2(C)OC(C)=O. The summed E-state index contributed by atoms with van der Waals surface area (Å²) in [5.41, 5.74) is -1.08. The topological polar surface area (TPSA) is 114 Å². The minimum atomic E-state index is -1.19. The largest absolute Gasteiger partial charge is 0.466 e. The lowest BCUT2D eigenvalue weighted by Gasteiger charge is -2.39. The Morgan fingerprint density at radius 3 is 2.19 bits per heavy atom. The third-order valence-electron chi connectivity index (χ3n) is 4.48. The van der Waals surface area contributed by atoms with Gasteiger partial charge in [0.05, 0.1) is 24.9 Å². The van der Waals surface area contributed by atoms with Crippen molar-refractivity contribution in [3.05, 3.63) is 11.8 Å². The highest BCUT2D eigenvalue weighted by molar-refractivity contribution is 5.89. The summed E-state index contributed by atoms with van der Waals surface area (Å²) in [4.78, 5) is 46.8. The second kappa shape index (κ2) is 7.35. The van der Waals surface area contributed by atoms with Crippen LogP contribution in [0.2, 0.25) is 0 Å². The molecule has 1 aliphatic heterocycles. The second-order valence-corrected chi connectivity index (χ2v) is 6.49. The van der Waals surface area contributed by atoms with Crippen LogP contribution in [0.4, 0.5) is 0 Å². The van der Waals surface area contributed by atoms with Crippen LogP contribution < -0.4 is 0 Å². The lowest BCUT2D eigenvalue weighted by molar-refractivity contribution is -0.208. The van der Waals surface area contributed by atoms with Gasteiger partial charge in [-0.25, -0.2) is 4.79 Å². The summed E-state index contributed by atoms with van der Waals surface area (Å²) >= 11 is 0. The van der Waals surface area contributed by atoms with Gasteiger partial charge in [0.2, 0.25) is 0 Å². The Labute approximate surface area is 150 Å². The van der Waals surface area contributed by atoms with Gasteiger partial charge in [-0.1, -0.05) is 0 Å². The molecule has 0 bridgehead atoms. The summed E-state index contributed by atoms with van der Waals surface area (Å²) in [6, 6.07) is 0. The molecular weight excluding hydrogens is 348 g/mol. The van der Waals surface area contributed by atoms with E-state index >= 15 is 0 Å². The van der Waals surface area contributed by atoms with Crippen molar-refractivity contribution in [2.75, 3.05) is 7.11 Å². The van der Waals surface area contributed by atoms with Crippen molar-refractivity contribution in [2.45, 2.75) is 52.1 Å². The average molecular weight is 370 g/mol. The van der Waals surface area contributed by atoms with Gasteiger partial charge >= 0.3 is 23.9 Å². The lowest BCUT2D eigenvalue weighted by Crippen LogP contribution is -2.48. The molecule has 1 saturated carbocycles. The van der Waals surface area contributed by atoms with Crippen LogP contribution in [0.5, 0.6) is 0 Å². The predicted octanol–water partition coefficient (Wildman–Crippen LogP) is 0.852. The Morgan fingerprint density at radius 1 is 1.08 bits per heavy atom. The summed E-state index contributed by atoms with van der Waals surface area (Å²) in [6.07, 6.45) is -0.655. The van der Waals surface area contributed by atoms with Crippen molar-refractivity contribution >= 4 is 23.9 Å². The van der Waals surface area contributed by atoms with E-state index in [-0.39, 0.29) is 12.0 Å². The van der Waals surface area contributed by atoms with E-state index in [1.807, 2.05) is 0 Å². The molecule has 0 aromatic carbocycles. The van der Waals surface area contributed by atoms with Crippen molar-refractivity contribution in [1.82, 2.24) is 0 Å². The van der Waals surface area contributed by atoms with Crippen LogP contribution in [0.25, 0.3) is 0 Å². The van der Waals surface area contributed by atoms with Gasteiger partial charge in [0, 0.05) is 33.1 Å². The Kier molecular flexibility index (Phi) is 5.58. The van der Waals surface area contributed by atoms with Crippen molar-refractivity contribution in [3.8, 4) is 0 Å². The molecule has 2 aliphatic rings. The molecule has 0 saturated heterocycles. The zero-order valence-electron chi connectivity index (χ0n) is 15.3. The molecule has 0 N–H and O–H groups in total. The molecule has 0 amide bonds. The van der Waals surface area contributed by atoms with Crippen molar-refractivity contribution < 1.29 is 42.9 Å². The normalized spacial score (nSPS) is 32.4. The average Bonchev–Trinajstić information content (AvgIpc) is 2.78. The molecule has 0 radical (unpaired) electrons. The molecule has 0 aromatic rings. The smallest absolute Gasteiger partial charge is 0.337 e. The maximum atomic E-state index is 12.2. The summed E-state index contributed by atoms with van der Waals surface area (Å²) in [5.74, 6) is -3.89. The molecule has 144 valence electrons. The van der Waals surface area contributed by atoms with Gasteiger partial charge in [-0.05, 0) is 6.92 Å². The van der Waals surface area contributed by atoms with Crippen LogP contribution in [-0.4, -0.2) is 49.0 Å². The van der Waals surface area contributed by atoms with Gasteiger partial charge in [0.15, 0.2) is 0 Å². The molecule has 0 unspecified atom stereocenters. The maximum absolute atomic E-state index is 12.2. The minimum absolute atomic E-state index is 0.108. The third kappa shape index (κ3) is 3.81. The summed E-state index contributed by atoms with van der Waals surface area (Å²) in [5, 5.41) is 0. The fourth-order valence-electron chi connectivity index (χ4n) is 3.76. The number of ether oxygens (including phenoxy) is 5. The molecular formula is C17H22O9. The van der Waals surface area contributed by atoms with E-state index in [0.29, 0.717) is 0 Å². The standard InChI is InChI=1S/C17H22O9/c1-8(18)24-12-6-17(4,26-10(3)20)14-13(12)11(15(21)22-5)7-23-16(14)25-9(2)19/h7,12-14,16H,6H2,1-5H3/t12-,13+,14-,16+,17+/m1/s1. The van der Waals surface area contributed by atoms with Crippen molar-refractivity contribution in [3.63, 3.8) is 0 Å². The molecule has 9 nitrogen and oxygen atoms in total. The summed E-state index contributed by atoms with van der Waals surface area (Å²) < 4.78 is 26.2. The van der Waals surface area contributed by atoms with Gasteiger partial charge < -0.3 is 23.7 Å². The van der Waals surface area contributed by atoms with E-state index in [2.05, 4.69) is 0 Å². The summed E-state index contributed by atoms with van der Waals surface area (Å²) in [6.45, 7) is 5.30. The molecule has 9 heteroatoms.